The van der Waals surface area contributed by atoms with Crippen molar-refractivity contribution in [1.82, 2.24) is 25.5 Å². The number of hydrogen-bond donors (Lipinski definition) is 7. The van der Waals surface area contributed by atoms with Crippen LogP contribution < -0.4 is 22.1 Å². The van der Waals surface area contributed by atoms with Gasteiger partial charge >= 0.3 is 5.97 Å². The molecule has 1 aliphatic rings. The molecule has 4 atom stereocenters. The van der Waals surface area contributed by atoms with Crippen molar-refractivity contribution in [2.45, 2.75) is 56.3 Å². The molecule has 4 unspecified atom stereocenters. The fourth-order valence-corrected chi connectivity index (χ4v) is 4.26. The third-order valence-electron chi connectivity index (χ3n) is 6.18. The van der Waals surface area contributed by atoms with Crippen LogP contribution in [0.1, 0.15) is 30.5 Å². The zero-order valence-electron chi connectivity index (χ0n) is 20.5. The predicted octanol–water partition coefficient (Wildman–Crippen LogP) is -1.85. The number of carboxylic acid groups (broad SMARTS) is 1. The molecule has 1 aromatic carbocycles. The Morgan fingerprint density at radius 2 is 1.82 bits per heavy atom. The minimum Gasteiger partial charge on any atom is -0.508 e. The Kier molecular flexibility index (Phi) is 9.38. The molecule has 3 rings (SSSR count). The molecule has 1 aliphatic heterocycles. The minimum atomic E-state index is -1.59. The van der Waals surface area contributed by atoms with Crippen LogP contribution in [0, 0.1) is 0 Å². The fourth-order valence-electron chi connectivity index (χ4n) is 4.26. The van der Waals surface area contributed by atoms with Crippen molar-refractivity contribution >= 4 is 29.6 Å². The number of H-pyrrole nitrogens is 1. The van der Waals surface area contributed by atoms with Crippen molar-refractivity contribution in [2.24, 2.45) is 11.5 Å². The number of amides is 4. The lowest BCUT2D eigenvalue weighted by molar-refractivity contribution is -0.144. The van der Waals surface area contributed by atoms with Gasteiger partial charge in [0, 0.05) is 31.3 Å². The molecule has 14 nitrogen and oxygen atoms in total. The number of carboxylic acids is 1. The first-order chi connectivity index (χ1) is 18.0. The first-order valence-corrected chi connectivity index (χ1v) is 12.0. The van der Waals surface area contributed by atoms with Crippen LogP contribution >= 0.6 is 0 Å². The van der Waals surface area contributed by atoms with Crippen molar-refractivity contribution in [3.05, 3.63) is 48.0 Å². The van der Waals surface area contributed by atoms with E-state index in [2.05, 4.69) is 20.6 Å². The Hall–Kier alpha value is -4.46. The highest BCUT2D eigenvalue weighted by atomic mass is 16.4. The molecule has 0 radical (unpaired) electrons. The molecule has 2 heterocycles. The molecule has 0 saturated carbocycles. The van der Waals surface area contributed by atoms with Gasteiger partial charge in [0.15, 0.2) is 0 Å². The Morgan fingerprint density at radius 1 is 1.11 bits per heavy atom. The van der Waals surface area contributed by atoms with E-state index >= 15 is 0 Å². The third kappa shape index (κ3) is 7.52. The number of nitrogens with one attached hydrogen (secondary N) is 3. The van der Waals surface area contributed by atoms with E-state index in [1.54, 1.807) is 18.3 Å². The SMILES string of the molecule is NC(=O)CC(NC(=O)C(Cc1ccc(O)cc1)NC(=O)C1CCCN1C(=O)C(N)Cc1cnc[nH]1)C(=O)O. The average Bonchev–Trinajstić information content (AvgIpc) is 3.56. The molecular formula is C24H31N7O7. The van der Waals surface area contributed by atoms with Gasteiger partial charge in [-0.3, -0.25) is 19.2 Å². The highest BCUT2D eigenvalue weighted by Gasteiger charge is 2.38. The van der Waals surface area contributed by atoms with Gasteiger partial charge in [0.05, 0.1) is 18.8 Å². The van der Waals surface area contributed by atoms with E-state index in [1.165, 1.54) is 23.4 Å². The number of imidazole rings is 1. The molecule has 0 aliphatic carbocycles. The number of phenolic OH excluding ortho intramolecular Hbond substituents is 1. The number of carbonyl (C=O) groups excluding carboxylic acids is 4. The summed E-state index contributed by atoms with van der Waals surface area (Å²) in [4.78, 5) is 70.3. The lowest BCUT2D eigenvalue weighted by atomic mass is 10.0. The van der Waals surface area contributed by atoms with E-state index in [0.29, 0.717) is 30.6 Å². The van der Waals surface area contributed by atoms with Gasteiger partial charge in [-0.1, -0.05) is 12.1 Å². The number of aromatic hydroxyl groups is 1. The van der Waals surface area contributed by atoms with E-state index in [4.69, 9.17) is 11.5 Å². The number of phenols is 1. The van der Waals surface area contributed by atoms with Crippen LogP contribution in [0.2, 0.25) is 0 Å². The van der Waals surface area contributed by atoms with E-state index in [1.807, 2.05) is 0 Å². The number of carbonyl (C=O) groups is 5. The van der Waals surface area contributed by atoms with Crippen molar-refractivity contribution in [3.8, 4) is 5.75 Å². The zero-order chi connectivity index (χ0) is 27.8. The molecule has 2 aromatic rings. The van der Waals surface area contributed by atoms with Crippen molar-refractivity contribution in [3.63, 3.8) is 0 Å². The van der Waals surface area contributed by atoms with E-state index in [0.717, 1.165) is 0 Å². The molecule has 204 valence electrons. The van der Waals surface area contributed by atoms with E-state index in [-0.39, 0.29) is 18.6 Å². The van der Waals surface area contributed by atoms with Crippen LogP contribution in [0.3, 0.4) is 0 Å². The number of primary amides is 1. The monoisotopic (exact) mass is 529 g/mol. The highest BCUT2D eigenvalue weighted by molar-refractivity contribution is 5.95. The van der Waals surface area contributed by atoms with E-state index < -0.39 is 60.2 Å². The predicted molar refractivity (Wildman–Crippen MR) is 132 cm³/mol. The van der Waals surface area contributed by atoms with Crippen LogP contribution in [-0.4, -0.2) is 85.4 Å². The van der Waals surface area contributed by atoms with Crippen LogP contribution in [-0.2, 0) is 36.8 Å². The number of nitrogens with two attached hydrogens (primary N) is 2. The number of likely N-dealkylation sites (tertiary alicyclic amines) is 1. The molecule has 9 N–H and O–H groups in total. The second kappa shape index (κ2) is 12.7. The summed E-state index contributed by atoms with van der Waals surface area (Å²) in [5.41, 5.74) is 12.4. The second-order valence-electron chi connectivity index (χ2n) is 9.08. The molecule has 0 spiro atoms. The summed E-state index contributed by atoms with van der Waals surface area (Å²) in [5, 5.41) is 23.8. The normalized spacial score (nSPS) is 17.3. The summed E-state index contributed by atoms with van der Waals surface area (Å²) in [7, 11) is 0. The smallest absolute Gasteiger partial charge is 0.326 e. The number of benzene rings is 1. The van der Waals surface area contributed by atoms with Crippen molar-refractivity contribution < 1.29 is 34.2 Å². The maximum Gasteiger partial charge on any atom is 0.326 e. The Labute approximate surface area is 217 Å². The molecular weight excluding hydrogens is 498 g/mol. The minimum absolute atomic E-state index is 0.00207. The maximum atomic E-state index is 13.3. The van der Waals surface area contributed by atoms with Gasteiger partial charge in [-0.25, -0.2) is 9.78 Å². The molecule has 38 heavy (non-hydrogen) atoms. The third-order valence-corrected chi connectivity index (χ3v) is 6.18. The molecule has 4 amide bonds. The maximum absolute atomic E-state index is 13.3. The number of rotatable bonds is 12. The fraction of sp³-hybridized carbons (Fsp3) is 0.417. The lowest BCUT2D eigenvalue weighted by Crippen LogP contribution is -2.57. The van der Waals surface area contributed by atoms with Gasteiger partial charge in [0.1, 0.15) is 23.9 Å². The van der Waals surface area contributed by atoms with Gasteiger partial charge < -0.3 is 42.2 Å². The van der Waals surface area contributed by atoms with Gasteiger partial charge in [-0.2, -0.15) is 0 Å². The summed E-state index contributed by atoms with van der Waals surface area (Å²) < 4.78 is 0. The number of aliphatic carboxylic acids is 1. The van der Waals surface area contributed by atoms with Crippen molar-refractivity contribution in [1.29, 1.82) is 0 Å². The van der Waals surface area contributed by atoms with Gasteiger partial charge in [-0.15, -0.1) is 0 Å². The number of aromatic nitrogens is 2. The molecule has 1 saturated heterocycles. The number of hydrogen-bond acceptors (Lipinski definition) is 8. The molecule has 14 heteroatoms. The zero-order valence-corrected chi connectivity index (χ0v) is 20.5. The van der Waals surface area contributed by atoms with Gasteiger partial charge in [0.25, 0.3) is 0 Å². The average molecular weight is 530 g/mol. The number of nitrogens with zero attached hydrogens (tertiary/aromatic N) is 2. The number of aromatic amines is 1. The molecule has 1 aromatic heterocycles. The first-order valence-electron chi connectivity index (χ1n) is 12.0. The van der Waals surface area contributed by atoms with Gasteiger partial charge in [0.2, 0.25) is 23.6 Å². The Balaban J connectivity index is 1.75. The second-order valence-corrected chi connectivity index (χ2v) is 9.08. The van der Waals surface area contributed by atoms with E-state index in [9.17, 15) is 34.2 Å². The molecule has 0 bridgehead atoms. The van der Waals surface area contributed by atoms with Gasteiger partial charge in [-0.05, 0) is 30.5 Å². The Morgan fingerprint density at radius 3 is 2.42 bits per heavy atom. The van der Waals surface area contributed by atoms with Crippen molar-refractivity contribution in [2.75, 3.05) is 6.54 Å². The summed E-state index contributed by atoms with van der Waals surface area (Å²) in [6, 6.07) is 1.24. The standard InChI is InChI=1S/C24H31N7O7/c25-16(9-14-11-27-12-28-14)23(36)31-7-1-2-19(31)22(35)29-17(8-13-3-5-15(32)6-4-13)21(34)30-18(24(37)38)10-20(26)33/h3-6,11-12,16-19,32H,1-2,7-10,25H2,(H2,26,33)(H,27,28)(H,29,35)(H,30,34)(H,37,38). The quantitative estimate of drug-likeness (QED) is 0.163. The molecule has 1 fully saturated rings. The van der Waals surface area contributed by atoms with Crippen LogP contribution in [0.15, 0.2) is 36.8 Å². The summed E-state index contributed by atoms with van der Waals surface area (Å²) in [5.74, 6) is -4.28. The summed E-state index contributed by atoms with van der Waals surface area (Å²) in [6.07, 6.45) is 3.43. The first kappa shape index (κ1) is 28.1. The highest BCUT2D eigenvalue weighted by Crippen LogP contribution is 2.20. The Bertz CT molecular complexity index is 1150. The summed E-state index contributed by atoms with van der Waals surface area (Å²) >= 11 is 0. The van der Waals surface area contributed by atoms with Crippen LogP contribution in [0.4, 0.5) is 0 Å². The topological polar surface area (TPSA) is 234 Å². The summed E-state index contributed by atoms with van der Waals surface area (Å²) in [6.45, 7) is 0.308. The van der Waals surface area contributed by atoms with Crippen LogP contribution in [0.5, 0.6) is 5.75 Å². The lowest BCUT2D eigenvalue weighted by Gasteiger charge is -2.28. The largest absolute Gasteiger partial charge is 0.508 e. The van der Waals surface area contributed by atoms with Crippen LogP contribution in [0.25, 0.3) is 0 Å².